The van der Waals surface area contributed by atoms with Crippen LogP contribution in [0.3, 0.4) is 0 Å². The van der Waals surface area contributed by atoms with Gasteiger partial charge in [-0.15, -0.1) is 13.2 Å². The molecule has 3 aromatic rings. The van der Waals surface area contributed by atoms with Gasteiger partial charge in [0.05, 0.1) is 18.8 Å². The van der Waals surface area contributed by atoms with Crippen molar-refractivity contribution < 1.29 is 32.1 Å². The Morgan fingerprint density at radius 3 is 2.61 bits per heavy atom. The molecule has 0 saturated carbocycles. The second-order valence-electron chi connectivity index (χ2n) is 7.94. The quantitative estimate of drug-likeness (QED) is 0.127. The molecule has 2 atom stereocenters. The van der Waals surface area contributed by atoms with E-state index in [2.05, 4.69) is 38.1 Å². The smallest absolute Gasteiger partial charge is 0.406 e. The molecule has 0 aliphatic carbocycles. The zero-order valence-corrected chi connectivity index (χ0v) is 20.9. The summed E-state index contributed by atoms with van der Waals surface area (Å²) in [6.45, 7) is 4.90. The molecule has 0 fully saturated rings. The highest BCUT2D eigenvalue weighted by molar-refractivity contribution is 6.30. The Balaban J connectivity index is 1.71. The normalized spacial score (nSPS) is 12.9. The van der Waals surface area contributed by atoms with Crippen molar-refractivity contribution in [2.24, 2.45) is 0 Å². The van der Waals surface area contributed by atoms with Crippen LogP contribution in [0.1, 0.15) is 11.3 Å². The number of aromatic nitrogens is 1. The zero-order valence-electron chi connectivity index (χ0n) is 20.2. The Morgan fingerprint density at radius 1 is 1.21 bits per heavy atom. The van der Waals surface area contributed by atoms with Crippen LogP contribution in [0.5, 0.6) is 11.5 Å². The van der Waals surface area contributed by atoms with E-state index in [-0.39, 0.29) is 5.75 Å². The summed E-state index contributed by atoms with van der Waals surface area (Å²) in [5.74, 6) is 0.167. The van der Waals surface area contributed by atoms with E-state index in [9.17, 15) is 18.0 Å². The highest BCUT2D eigenvalue weighted by Crippen LogP contribution is 2.25. The summed E-state index contributed by atoms with van der Waals surface area (Å²) < 4.78 is 46.6. The summed E-state index contributed by atoms with van der Waals surface area (Å²) >= 11 is 5.98. The second-order valence-corrected chi connectivity index (χ2v) is 8.38. The molecule has 0 spiro atoms. The molecule has 38 heavy (non-hydrogen) atoms. The van der Waals surface area contributed by atoms with Gasteiger partial charge in [0.15, 0.2) is 11.5 Å². The lowest BCUT2D eigenvalue weighted by Crippen LogP contribution is -2.61. The molecule has 1 aromatic heterocycles. The maximum absolute atomic E-state index is 12.5. The van der Waals surface area contributed by atoms with Gasteiger partial charge in [0.25, 0.3) is 0 Å². The SMILES string of the molecule is C=C(C(NCc1ccc(Cl)cc1)C(NC=O)NNOc1cccc(OC(F)(F)F)c1)N(C)Cc1ccno1. The second kappa shape index (κ2) is 13.7. The molecule has 0 saturated heterocycles. The summed E-state index contributed by atoms with van der Waals surface area (Å²) in [7, 11) is 1.79. The molecular weight excluding hydrogens is 529 g/mol. The average molecular weight is 555 g/mol. The summed E-state index contributed by atoms with van der Waals surface area (Å²) in [5.41, 5.74) is 6.72. The van der Waals surface area contributed by atoms with Gasteiger partial charge in [-0.1, -0.05) is 47.1 Å². The van der Waals surface area contributed by atoms with Gasteiger partial charge in [-0.05, 0) is 29.8 Å². The van der Waals surface area contributed by atoms with Crippen molar-refractivity contribution in [2.45, 2.75) is 31.7 Å². The number of alkyl halides is 3. The van der Waals surface area contributed by atoms with Crippen LogP contribution in [-0.2, 0) is 17.9 Å². The fraction of sp³-hybridized carbons (Fsp3) is 0.250. The van der Waals surface area contributed by atoms with Crippen LogP contribution in [0.4, 0.5) is 13.2 Å². The van der Waals surface area contributed by atoms with Crippen molar-refractivity contribution in [3.05, 3.63) is 89.4 Å². The Labute approximate surface area is 221 Å². The number of nitrogens with zero attached hydrogens (tertiary/aromatic N) is 2. The minimum Gasteiger partial charge on any atom is -0.406 e. The van der Waals surface area contributed by atoms with Gasteiger partial charge in [0.2, 0.25) is 6.41 Å². The lowest BCUT2D eigenvalue weighted by Gasteiger charge is -2.34. The van der Waals surface area contributed by atoms with Crippen LogP contribution < -0.4 is 31.2 Å². The van der Waals surface area contributed by atoms with Crippen molar-refractivity contribution in [2.75, 3.05) is 7.05 Å². The third kappa shape index (κ3) is 9.27. The summed E-state index contributed by atoms with van der Waals surface area (Å²) in [6.07, 6.45) is -3.67. The van der Waals surface area contributed by atoms with E-state index in [1.807, 2.05) is 12.1 Å². The largest absolute Gasteiger partial charge is 0.573 e. The van der Waals surface area contributed by atoms with Gasteiger partial charge in [0, 0.05) is 36.4 Å². The maximum Gasteiger partial charge on any atom is 0.573 e. The highest BCUT2D eigenvalue weighted by Gasteiger charge is 2.31. The molecule has 2 aromatic carbocycles. The molecule has 204 valence electrons. The van der Waals surface area contributed by atoms with Gasteiger partial charge in [-0.3, -0.25) is 4.79 Å². The highest BCUT2D eigenvalue weighted by atomic mass is 35.5. The van der Waals surface area contributed by atoms with Crippen molar-refractivity contribution in [1.82, 2.24) is 31.7 Å². The van der Waals surface area contributed by atoms with Crippen LogP contribution in [0, 0.1) is 0 Å². The molecule has 0 radical (unpaired) electrons. The van der Waals surface area contributed by atoms with E-state index < -0.39 is 24.3 Å². The topological polar surface area (TPSA) is 113 Å². The Hall–Kier alpha value is -3.78. The number of hydrazine groups is 1. The van der Waals surface area contributed by atoms with Crippen molar-refractivity contribution >= 4 is 18.0 Å². The van der Waals surface area contributed by atoms with E-state index in [4.69, 9.17) is 21.0 Å². The molecule has 0 aliphatic rings. The number of carbonyl (C=O) groups is 1. The fourth-order valence-corrected chi connectivity index (χ4v) is 3.46. The number of ether oxygens (including phenoxy) is 1. The molecule has 4 N–H and O–H groups in total. The summed E-state index contributed by atoms with van der Waals surface area (Å²) in [5, 5.41) is 10.3. The first-order valence-corrected chi connectivity index (χ1v) is 11.5. The monoisotopic (exact) mass is 554 g/mol. The lowest BCUT2D eigenvalue weighted by molar-refractivity contribution is -0.274. The first kappa shape index (κ1) is 28.8. The molecular formula is C24H26ClF3N6O4. The minimum absolute atomic E-state index is 0.0241. The summed E-state index contributed by atoms with van der Waals surface area (Å²) in [6, 6.07) is 13.2. The summed E-state index contributed by atoms with van der Waals surface area (Å²) in [4.78, 5) is 18.6. The van der Waals surface area contributed by atoms with Crippen LogP contribution in [0.2, 0.25) is 5.02 Å². The Morgan fingerprint density at radius 2 is 1.95 bits per heavy atom. The predicted molar refractivity (Wildman–Crippen MR) is 132 cm³/mol. The number of benzene rings is 2. The number of amides is 1. The number of rotatable bonds is 15. The van der Waals surface area contributed by atoms with Gasteiger partial charge in [0.1, 0.15) is 11.9 Å². The first-order valence-electron chi connectivity index (χ1n) is 11.1. The van der Waals surface area contributed by atoms with E-state index in [1.165, 1.54) is 18.3 Å². The number of carbonyl (C=O) groups excluding carboxylic acids is 1. The van der Waals surface area contributed by atoms with Crippen molar-refractivity contribution in [1.29, 1.82) is 0 Å². The number of likely N-dealkylation sites (N-methyl/N-ethyl adjacent to an activating group) is 1. The minimum atomic E-state index is -4.84. The van der Waals surface area contributed by atoms with Crippen molar-refractivity contribution in [3.63, 3.8) is 0 Å². The fourth-order valence-electron chi connectivity index (χ4n) is 3.34. The molecule has 1 amide bonds. The first-order chi connectivity index (χ1) is 18.1. The molecule has 3 rings (SSSR count). The molecule has 10 nitrogen and oxygen atoms in total. The predicted octanol–water partition coefficient (Wildman–Crippen LogP) is 3.49. The number of nitrogens with one attached hydrogen (secondary N) is 4. The third-order valence-corrected chi connectivity index (χ3v) is 5.43. The molecule has 14 heteroatoms. The van der Waals surface area contributed by atoms with E-state index in [0.717, 1.165) is 17.7 Å². The van der Waals surface area contributed by atoms with Gasteiger partial charge >= 0.3 is 6.36 Å². The Kier molecular flexibility index (Phi) is 10.4. The van der Waals surface area contributed by atoms with Crippen LogP contribution >= 0.6 is 11.6 Å². The Bertz CT molecular complexity index is 1160. The standard InChI is InChI=1S/C24H26ClF3N6O4/c1-16(34(2)14-21-10-11-31-37-21)22(29-13-17-6-8-18(25)9-7-17)23(30-15-35)32-33-38-20-5-3-4-19(12-20)36-24(26,27)28/h3-12,15,22-23,29,32-33H,1,13-14H2,2H3,(H,30,35). The lowest BCUT2D eigenvalue weighted by atomic mass is 10.1. The average Bonchev–Trinajstić information content (AvgIpc) is 3.37. The van der Waals surface area contributed by atoms with Gasteiger partial charge in [-0.2, -0.15) is 0 Å². The number of halogens is 4. The van der Waals surface area contributed by atoms with Crippen molar-refractivity contribution in [3.8, 4) is 11.5 Å². The van der Waals surface area contributed by atoms with Gasteiger partial charge < -0.3 is 29.6 Å². The van der Waals surface area contributed by atoms with E-state index in [0.29, 0.717) is 36.0 Å². The number of hydrogen-bond acceptors (Lipinski definition) is 9. The molecule has 1 heterocycles. The number of hydrogen-bond donors (Lipinski definition) is 4. The van der Waals surface area contributed by atoms with Crippen LogP contribution in [0.15, 0.2) is 77.6 Å². The van der Waals surface area contributed by atoms with Crippen LogP contribution in [0.25, 0.3) is 0 Å². The van der Waals surface area contributed by atoms with E-state index in [1.54, 1.807) is 30.1 Å². The maximum atomic E-state index is 12.5. The molecule has 2 unspecified atom stereocenters. The van der Waals surface area contributed by atoms with Gasteiger partial charge in [-0.25, -0.2) is 5.43 Å². The van der Waals surface area contributed by atoms with Crippen LogP contribution in [-0.4, -0.2) is 42.1 Å². The molecule has 0 bridgehead atoms. The third-order valence-electron chi connectivity index (χ3n) is 5.18. The zero-order chi connectivity index (χ0) is 27.5. The molecule has 0 aliphatic heterocycles. The van der Waals surface area contributed by atoms with E-state index >= 15 is 0 Å².